The third-order valence-corrected chi connectivity index (χ3v) is 3.98. The van der Waals surface area contributed by atoms with Gasteiger partial charge in [-0.1, -0.05) is 6.07 Å². The molecule has 1 aliphatic rings. The van der Waals surface area contributed by atoms with Gasteiger partial charge in [0.2, 0.25) is 0 Å². The van der Waals surface area contributed by atoms with Gasteiger partial charge in [0, 0.05) is 25.2 Å². The molecule has 0 aliphatic carbocycles. The summed E-state index contributed by atoms with van der Waals surface area (Å²) in [6.07, 6.45) is 2.41. The highest BCUT2D eigenvalue weighted by Crippen LogP contribution is 2.27. The summed E-state index contributed by atoms with van der Waals surface area (Å²) in [6, 6.07) is 7.57. The van der Waals surface area contributed by atoms with E-state index >= 15 is 0 Å². The Morgan fingerprint density at radius 1 is 1.26 bits per heavy atom. The quantitative estimate of drug-likeness (QED) is 0.901. The Bertz CT molecular complexity index is 409. The van der Waals surface area contributed by atoms with E-state index in [-0.39, 0.29) is 0 Å². The third-order valence-electron chi connectivity index (χ3n) is 3.98. The smallest absolute Gasteiger partial charge is 0.142 e. The highest BCUT2D eigenvalue weighted by atomic mass is 16.5. The molecule has 0 spiro atoms. The van der Waals surface area contributed by atoms with Crippen LogP contribution in [0.25, 0.3) is 0 Å². The van der Waals surface area contributed by atoms with Crippen molar-refractivity contribution >= 4 is 5.69 Å². The van der Waals surface area contributed by atoms with Gasteiger partial charge in [-0.15, -0.1) is 0 Å². The van der Waals surface area contributed by atoms with Crippen LogP contribution in [0.2, 0.25) is 0 Å². The number of nitrogens with one attached hydrogen (secondary N) is 1. The van der Waals surface area contributed by atoms with Gasteiger partial charge in [-0.2, -0.15) is 0 Å². The van der Waals surface area contributed by atoms with E-state index in [0.717, 1.165) is 11.4 Å². The molecule has 3 heteroatoms. The predicted octanol–water partition coefficient (Wildman–Crippen LogP) is 3.29. The lowest BCUT2D eigenvalue weighted by Gasteiger charge is -2.35. The molecule has 1 N–H and O–H groups in total. The number of likely N-dealkylation sites (tertiary alicyclic amines) is 1. The number of benzene rings is 1. The van der Waals surface area contributed by atoms with Crippen LogP contribution in [0.3, 0.4) is 0 Å². The second kappa shape index (κ2) is 6.29. The van der Waals surface area contributed by atoms with E-state index < -0.39 is 0 Å². The molecule has 0 unspecified atom stereocenters. The average Bonchev–Trinajstić information content (AvgIpc) is 2.41. The normalized spacial score (nSPS) is 17.7. The summed E-state index contributed by atoms with van der Waals surface area (Å²) >= 11 is 0. The summed E-state index contributed by atoms with van der Waals surface area (Å²) in [5.74, 6) is 0.950. The number of hydrogen-bond donors (Lipinski definition) is 1. The van der Waals surface area contributed by atoms with E-state index in [9.17, 15) is 0 Å². The number of rotatable bonds is 4. The zero-order chi connectivity index (χ0) is 13.8. The molecule has 0 bridgehead atoms. The number of aryl methyl sites for hydroxylation is 1. The van der Waals surface area contributed by atoms with E-state index in [2.05, 4.69) is 49.2 Å². The fourth-order valence-electron chi connectivity index (χ4n) is 2.70. The lowest BCUT2D eigenvalue weighted by molar-refractivity contribution is 0.177. The number of ether oxygens (including phenoxy) is 1. The Hall–Kier alpha value is -1.22. The lowest BCUT2D eigenvalue weighted by Crippen LogP contribution is -2.42. The summed E-state index contributed by atoms with van der Waals surface area (Å²) in [6.45, 7) is 9.01. The van der Waals surface area contributed by atoms with Crippen LogP contribution in [0.5, 0.6) is 5.75 Å². The van der Waals surface area contributed by atoms with Gasteiger partial charge in [0.1, 0.15) is 5.75 Å². The molecule has 0 aromatic heterocycles. The molecule has 1 fully saturated rings. The van der Waals surface area contributed by atoms with Crippen molar-refractivity contribution in [3.05, 3.63) is 23.8 Å². The molecule has 19 heavy (non-hydrogen) atoms. The van der Waals surface area contributed by atoms with Crippen LogP contribution in [0.15, 0.2) is 18.2 Å². The van der Waals surface area contributed by atoms with Crippen LogP contribution in [-0.2, 0) is 0 Å². The molecule has 2 rings (SSSR count). The monoisotopic (exact) mass is 262 g/mol. The first-order chi connectivity index (χ1) is 9.10. The number of hydrogen-bond acceptors (Lipinski definition) is 3. The minimum absolute atomic E-state index is 0.562. The van der Waals surface area contributed by atoms with Gasteiger partial charge in [0.15, 0.2) is 0 Å². The van der Waals surface area contributed by atoms with Crippen molar-refractivity contribution in [3.63, 3.8) is 0 Å². The van der Waals surface area contributed by atoms with E-state index in [1.54, 1.807) is 7.11 Å². The summed E-state index contributed by atoms with van der Waals surface area (Å²) in [5.41, 5.74) is 2.35. The molecule has 1 aromatic carbocycles. The predicted molar refractivity (Wildman–Crippen MR) is 81.1 cm³/mol. The SMILES string of the molecule is COc1cc(C)ccc1NC1CCN(C(C)C)CC1. The summed E-state index contributed by atoms with van der Waals surface area (Å²) < 4.78 is 5.45. The van der Waals surface area contributed by atoms with Gasteiger partial charge in [-0.25, -0.2) is 0 Å². The molecule has 0 amide bonds. The maximum atomic E-state index is 5.45. The lowest BCUT2D eigenvalue weighted by atomic mass is 10.0. The Labute approximate surface area is 116 Å². The van der Waals surface area contributed by atoms with Crippen LogP contribution in [0, 0.1) is 6.92 Å². The van der Waals surface area contributed by atoms with Gasteiger partial charge in [0.05, 0.1) is 12.8 Å². The number of anilines is 1. The third kappa shape index (κ3) is 3.63. The zero-order valence-corrected chi connectivity index (χ0v) is 12.6. The van der Waals surface area contributed by atoms with Crippen LogP contribution in [0.4, 0.5) is 5.69 Å². The average molecular weight is 262 g/mol. The largest absolute Gasteiger partial charge is 0.495 e. The first-order valence-electron chi connectivity index (χ1n) is 7.25. The highest BCUT2D eigenvalue weighted by Gasteiger charge is 2.21. The van der Waals surface area contributed by atoms with Crippen molar-refractivity contribution in [2.45, 2.75) is 45.7 Å². The molecule has 0 atom stereocenters. The summed E-state index contributed by atoms with van der Waals surface area (Å²) in [7, 11) is 1.74. The van der Waals surface area contributed by atoms with Crippen molar-refractivity contribution < 1.29 is 4.74 Å². The van der Waals surface area contributed by atoms with Gasteiger partial charge in [0.25, 0.3) is 0 Å². The Balaban J connectivity index is 1.95. The highest BCUT2D eigenvalue weighted by molar-refractivity contribution is 5.58. The van der Waals surface area contributed by atoms with E-state index in [1.165, 1.54) is 31.5 Å². The topological polar surface area (TPSA) is 24.5 Å². The maximum absolute atomic E-state index is 5.45. The minimum atomic E-state index is 0.562. The molecule has 0 radical (unpaired) electrons. The van der Waals surface area contributed by atoms with Crippen LogP contribution in [-0.4, -0.2) is 37.2 Å². The van der Waals surface area contributed by atoms with Crippen molar-refractivity contribution in [1.29, 1.82) is 0 Å². The molecular weight excluding hydrogens is 236 g/mol. The Kier molecular flexibility index (Phi) is 4.70. The van der Waals surface area contributed by atoms with Gasteiger partial charge in [-0.3, -0.25) is 0 Å². The van der Waals surface area contributed by atoms with E-state index in [1.807, 2.05) is 0 Å². The number of nitrogens with zero attached hydrogens (tertiary/aromatic N) is 1. The van der Waals surface area contributed by atoms with Crippen molar-refractivity contribution in [1.82, 2.24) is 4.90 Å². The first kappa shape index (κ1) is 14.2. The molecule has 0 saturated carbocycles. The van der Waals surface area contributed by atoms with E-state index in [0.29, 0.717) is 12.1 Å². The second-order valence-electron chi connectivity index (χ2n) is 5.75. The van der Waals surface area contributed by atoms with Crippen molar-refractivity contribution in [2.75, 3.05) is 25.5 Å². The fraction of sp³-hybridized carbons (Fsp3) is 0.625. The number of piperidine rings is 1. The molecule has 106 valence electrons. The van der Waals surface area contributed by atoms with Gasteiger partial charge in [-0.05, 0) is 51.3 Å². The van der Waals surface area contributed by atoms with Crippen LogP contribution in [0.1, 0.15) is 32.3 Å². The molecule has 1 aliphatic heterocycles. The molecule has 1 aromatic rings. The first-order valence-corrected chi connectivity index (χ1v) is 7.25. The van der Waals surface area contributed by atoms with Gasteiger partial charge < -0.3 is 15.0 Å². The minimum Gasteiger partial charge on any atom is -0.495 e. The Morgan fingerprint density at radius 2 is 1.95 bits per heavy atom. The molecular formula is C16H26N2O. The van der Waals surface area contributed by atoms with Crippen LogP contribution >= 0.6 is 0 Å². The fourth-order valence-corrected chi connectivity index (χ4v) is 2.70. The summed E-state index contributed by atoms with van der Waals surface area (Å²) in [5, 5.41) is 3.64. The van der Waals surface area contributed by atoms with Crippen molar-refractivity contribution in [3.8, 4) is 5.75 Å². The number of methoxy groups -OCH3 is 1. The maximum Gasteiger partial charge on any atom is 0.142 e. The van der Waals surface area contributed by atoms with Crippen LogP contribution < -0.4 is 10.1 Å². The Morgan fingerprint density at radius 3 is 2.53 bits per heavy atom. The van der Waals surface area contributed by atoms with E-state index in [4.69, 9.17) is 4.74 Å². The molecule has 1 saturated heterocycles. The standard InChI is InChI=1S/C16H26N2O/c1-12(2)18-9-7-14(8-10-18)17-15-6-5-13(3)11-16(15)19-4/h5-6,11-12,14,17H,7-10H2,1-4H3. The zero-order valence-electron chi connectivity index (χ0n) is 12.6. The molecule has 1 heterocycles. The molecule has 3 nitrogen and oxygen atoms in total. The van der Waals surface area contributed by atoms with Gasteiger partial charge >= 0.3 is 0 Å². The summed E-state index contributed by atoms with van der Waals surface area (Å²) in [4.78, 5) is 2.55. The van der Waals surface area contributed by atoms with Crippen molar-refractivity contribution in [2.24, 2.45) is 0 Å². The second-order valence-corrected chi connectivity index (χ2v) is 5.75.